The Morgan fingerprint density at radius 3 is 2.05 bits per heavy atom. The Bertz CT molecular complexity index is 379. The second kappa shape index (κ2) is 4.84. The van der Waals surface area contributed by atoms with Crippen molar-refractivity contribution in [1.82, 2.24) is 0 Å². The molecule has 114 valence electrons. The summed E-state index contributed by atoms with van der Waals surface area (Å²) < 4.78 is 12.4. The van der Waals surface area contributed by atoms with Gasteiger partial charge in [0.1, 0.15) is 5.78 Å². The smallest absolute Gasteiger partial charge is 0.403 e. The van der Waals surface area contributed by atoms with E-state index in [0.29, 0.717) is 24.5 Å². The molecule has 20 heavy (non-hydrogen) atoms. The molecule has 1 saturated heterocycles. The fraction of sp³-hybridized carbons (Fsp3) is 0.938. The highest BCUT2D eigenvalue weighted by Crippen LogP contribution is 2.50. The zero-order chi connectivity index (χ0) is 15.3. The van der Waals surface area contributed by atoms with Gasteiger partial charge < -0.3 is 9.31 Å². The van der Waals surface area contributed by atoms with Crippen LogP contribution in [0, 0.1) is 11.3 Å². The van der Waals surface area contributed by atoms with Crippen molar-refractivity contribution < 1.29 is 14.1 Å². The molecule has 0 aromatic rings. The fourth-order valence-electron chi connectivity index (χ4n) is 3.46. The highest BCUT2D eigenvalue weighted by molar-refractivity contribution is 6.48. The Morgan fingerprint density at radius 2 is 1.60 bits per heavy atom. The molecule has 0 N–H and O–H groups in total. The molecule has 4 heteroatoms. The number of carbonyl (C=O) groups excluding carboxylic acids is 1. The lowest BCUT2D eigenvalue weighted by molar-refractivity contribution is -0.121. The number of hydrogen-bond acceptors (Lipinski definition) is 3. The third kappa shape index (κ3) is 2.82. The quantitative estimate of drug-likeness (QED) is 0.684. The summed E-state index contributed by atoms with van der Waals surface area (Å²) in [5.41, 5.74) is -0.462. The average Bonchev–Trinajstić information content (AvgIpc) is 2.46. The van der Waals surface area contributed by atoms with Crippen molar-refractivity contribution in [1.29, 1.82) is 0 Å². The van der Waals surface area contributed by atoms with E-state index in [1.807, 2.05) is 0 Å². The maximum atomic E-state index is 11.9. The monoisotopic (exact) mass is 280 g/mol. The van der Waals surface area contributed by atoms with Crippen LogP contribution in [0.4, 0.5) is 0 Å². The van der Waals surface area contributed by atoms with E-state index in [2.05, 4.69) is 48.5 Å². The van der Waals surface area contributed by atoms with Crippen LogP contribution in [0.15, 0.2) is 0 Å². The molecule has 0 amide bonds. The van der Waals surface area contributed by atoms with Gasteiger partial charge in [-0.25, -0.2) is 0 Å². The van der Waals surface area contributed by atoms with Gasteiger partial charge in [0.15, 0.2) is 0 Å². The standard InChI is InChI=1S/C16H29BO3/c1-14(2,3)12-9-8-11(18)10-13(12)17-19-15(4,5)16(6,7)20-17/h12-13H,8-10H2,1-7H3. The number of rotatable bonds is 1. The van der Waals surface area contributed by atoms with Crippen molar-refractivity contribution in [3.63, 3.8) is 0 Å². The van der Waals surface area contributed by atoms with Crippen LogP contribution in [-0.4, -0.2) is 24.1 Å². The molecular weight excluding hydrogens is 251 g/mol. The molecule has 1 aliphatic carbocycles. The van der Waals surface area contributed by atoms with E-state index < -0.39 is 0 Å². The molecule has 1 aliphatic heterocycles. The number of ketones is 1. The molecule has 2 fully saturated rings. The number of carbonyl (C=O) groups is 1. The van der Waals surface area contributed by atoms with E-state index in [1.54, 1.807) is 0 Å². The van der Waals surface area contributed by atoms with Crippen LogP contribution < -0.4 is 0 Å². The maximum Gasteiger partial charge on any atom is 0.461 e. The summed E-state index contributed by atoms with van der Waals surface area (Å²) >= 11 is 0. The molecule has 2 unspecified atom stereocenters. The summed E-state index contributed by atoms with van der Waals surface area (Å²) in [6.07, 6.45) is 2.26. The van der Waals surface area contributed by atoms with Gasteiger partial charge in [-0.05, 0) is 45.4 Å². The summed E-state index contributed by atoms with van der Waals surface area (Å²) in [7, 11) is -0.256. The summed E-state index contributed by atoms with van der Waals surface area (Å²) in [6.45, 7) is 15.1. The van der Waals surface area contributed by atoms with E-state index in [1.165, 1.54) is 0 Å². The van der Waals surface area contributed by atoms with Crippen molar-refractivity contribution in [2.75, 3.05) is 0 Å². The first-order valence-electron chi connectivity index (χ1n) is 7.81. The van der Waals surface area contributed by atoms with Gasteiger partial charge >= 0.3 is 7.12 Å². The zero-order valence-corrected chi connectivity index (χ0v) is 14.1. The highest BCUT2D eigenvalue weighted by Gasteiger charge is 2.56. The molecule has 0 bridgehead atoms. The fourth-order valence-corrected chi connectivity index (χ4v) is 3.46. The van der Waals surface area contributed by atoms with E-state index in [9.17, 15) is 4.79 Å². The second-order valence-corrected chi connectivity index (χ2v) is 8.54. The minimum Gasteiger partial charge on any atom is -0.403 e. The first kappa shape index (κ1) is 16.0. The van der Waals surface area contributed by atoms with Gasteiger partial charge in [-0.2, -0.15) is 0 Å². The minimum absolute atomic E-state index is 0.176. The Morgan fingerprint density at radius 1 is 1.10 bits per heavy atom. The van der Waals surface area contributed by atoms with E-state index in [0.717, 1.165) is 6.42 Å². The Balaban J connectivity index is 2.23. The molecule has 2 aliphatic rings. The lowest BCUT2D eigenvalue weighted by Crippen LogP contribution is -2.41. The van der Waals surface area contributed by atoms with E-state index in [4.69, 9.17) is 9.31 Å². The zero-order valence-electron chi connectivity index (χ0n) is 14.1. The second-order valence-electron chi connectivity index (χ2n) is 8.54. The number of Topliss-reactive ketones (excluding diaryl/α,β-unsaturated/α-hetero) is 1. The topological polar surface area (TPSA) is 35.5 Å². The molecule has 0 aromatic heterocycles. The predicted octanol–water partition coefficient (Wildman–Crippen LogP) is 3.86. The Labute approximate surface area is 123 Å². The van der Waals surface area contributed by atoms with Crippen molar-refractivity contribution in [2.24, 2.45) is 11.3 Å². The third-order valence-corrected chi connectivity index (χ3v) is 5.45. The summed E-state index contributed by atoms with van der Waals surface area (Å²) in [4.78, 5) is 11.9. The molecule has 1 heterocycles. The van der Waals surface area contributed by atoms with E-state index in [-0.39, 0.29) is 29.6 Å². The third-order valence-electron chi connectivity index (χ3n) is 5.45. The average molecular weight is 280 g/mol. The normalized spacial score (nSPS) is 33.5. The highest BCUT2D eigenvalue weighted by atomic mass is 16.7. The predicted molar refractivity (Wildman–Crippen MR) is 81.6 cm³/mol. The van der Waals surface area contributed by atoms with Crippen LogP contribution in [0.25, 0.3) is 0 Å². The Hall–Kier alpha value is -0.345. The summed E-state index contributed by atoms with van der Waals surface area (Å²) in [5, 5.41) is 0. The van der Waals surface area contributed by atoms with Gasteiger partial charge in [0, 0.05) is 18.7 Å². The van der Waals surface area contributed by atoms with Gasteiger partial charge in [0.25, 0.3) is 0 Å². The Kier molecular flexibility index (Phi) is 3.88. The van der Waals surface area contributed by atoms with Crippen LogP contribution in [0.5, 0.6) is 0 Å². The van der Waals surface area contributed by atoms with Gasteiger partial charge in [-0.1, -0.05) is 20.8 Å². The lowest BCUT2D eigenvalue weighted by Gasteiger charge is -2.40. The van der Waals surface area contributed by atoms with Crippen LogP contribution >= 0.6 is 0 Å². The van der Waals surface area contributed by atoms with Crippen molar-refractivity contribution in [2.45, 2.75) is 84.7 Å². The molecule has 0 spiro atoms. The largest absolute Gasteiger partial charge is 0.461 e. The minimum atomic E-state index is -0.319. The molecule has 2 rings (SSSR count). The van der Waals surface area contributed by atoms with Gasteiger partial charge in [0.05, 0.1) is 11.2 Å². The first-order chi connectivity index (χ1) is 8.94. The van der Waals surface area contributed by atoms with E-state index >= 15 is 0 Å². The summed E-state index contributed by atoms with van der Waals surface area (Å²) in [6, 6.07) is 0. The van der Waals surface area contributed by atoms with Crippen LogP contribution in [0.1, 0.15) is 67.7 Å². The molecule has 1 saturated carbocycles. The first-order valence-corrected chi connectivity index (χ1v) is 7.81. The van der Waals surface area contributed by atoms with Gasteiger partial charge in [-0.3, -0.25) is 4.79 Å². The van der Waals surface area contributed by atoms with Crippen LogP contribution in [0.3, 0.4) is 0 Å². The van der Waals surface area contributed by atoms with Crippen molar-refractivity contribution in [3.8, 4) is 0 Å². The van der Waals surface area contributed by atoms with Crippen LogP contribution in [0.2, 0.25) is 5.82 Å². The van der Waals surface area contributed by atoms with Crippen molar-refractivity contribution in [3.05, 3.63) is 0 Å². The molecule has 0 radical (unpaired) electrons. The van der Waals surface area contributed by atoms with Crippen molar-refractivity contribution >= 4 is 12.9 Å². The number of hydrogen-bond donors (Lipinski definition) is 0. The molecular formula is C16H29BO3. The SMILES string of the molecule is CC(C)(C)C1CCC(=O)CC1B1OC(C)(C)C(C)(C)O1. The molecule has 0 aromatic carbocycles. The molecule has 3 nitrogen and oxygen atoms in total. The van der Waals surface area contributed by atoms with Gasteiger partial charge in [0.2, 0.25) is 0 Å². The molecule has 2 atom stereocenters. The van der Waals surface area contributed by atoms with Crippen LogP contribution in [-0.2, 0) is 14.1 Å². The maximum absolute atomic E-state index is 11.9. The van der Waals surface area contributed by atoms with Gasteiger partial charge in [-0.15, -0.1) is 0 Å². The summed E-state index contributed by atoms with van der Waals surface area (Å²) in [5.74, 6) is 0.998. The lowest BCUT2D eigenvalue weighted by atomic mass is 9.53.